The fraction of sp³-hybridized carbons (Fsp3) is 0.364. The third kappa shape index (κ3) is 5.25. The number of methoxy groups -OCH3 is 1. The second-order valence-corrected chi connectivity index (χ2v) is 6.79. The maximum Gasteiger partial charge on any atom is 0.242 e. The van der Waals surface area contributed by atoms with Gasteiger partial charge in [-0.15, -0.1) is 0 Å². The molecule has 0 spiro atoms. The molecule has 0 atom stereocenters. The van der Waals surface area contributed by atoms with Gasteiger partial charge in [0.1, 0.15) is 5.75 Å². The lowest BCUT2D eigenvalue weighted by atomic mass is 10.1. The molecule has 0 radical (unpaired) electrons. The number of benzene rings is 2. The lowest BCUT2D eigenvalue weighted by Gasteiger charge is -2.36. The number of nitrogens with one attached hydrogen (secondary N) is 1. The first kappa shape index (κ1) is 19.7. The zero-order valence-electron chi connectivity index (χ0n) is 16.3. The predicted molar refractivity (Wildman–Crippen MR) is 110 cm³/mol. The zero-order valence-corrected chi connectivity index (χ0v) is 16.3. The standard InChI is InChI=1S/C22H27N3O3/c1-28-20-10-6-5-7-18(20)11-12-21(26)23-17-22(27)25-15-13-24(14-16-25)19-8-3-2-4-9-19/h2-10H,11-17H2,1H3,(H,23,26). The average Bonchev–Trinajstić information content (AvgIpc) is 2.77. The summed E-state index contributed by atoms with van der Waals surface area (Å²) in [5.41, 5.74) is 2.17. The van der Waals surface area contributed by atoms with Gasteiger partial charge >= 0.3 is 0 Å². The summed E-state index contributed by atoms with van der Waals surface area (Å²) in [5.74, 6) is 0.628. The van der Waals surface area contributed by atoms with E-state index in [-0.39, 0.29) is 18.4 Å². The van der Waals surface area contributed by atoms with Crippen molar-refractivity contribution in [2.75, 3.05) is 44.7 Å². The van der Waals surface area contributed by atoms with Crippen LogP contribution < -0.4 is 15.0 Å². The maximum atomic E-state index is 12.4. The van der Waals surface area contributed by atoms with Gasteiger partial charge in [-0.1, -0.05) is 36.4 Å². The highest BCUT2D eigenvalue weighted by atomic mass is 16.5. The van der Waals surface area contributed by atoms with Crippen molar-refractivity contribution in [3.63, 3.8) is 0 Å². The number of aryl methyl sites for hydroxylation is 1. The molecule has 2 aromatic carbocycles. The average molecular weight is 381 g/mol. The number of ether oxygens (including phenoxy) is 1. The highest BCUT2D eigenvalue weighted by Gasteiger charge is 2.21. The number of para-hydroxylation sites is 2. The maximum absolute atomic E-state index is 12.4. The number of amides is 2. The Balaban J connectivity index is 1.39. The van der Waals surface area contributed by atoms with Crippen LogP contribution in [0.25, 0.3) is 0 Å². The molecule has 2 amide bonds. The van der Waals surface area contributed by atoms with Crippen molar-refractivity contribution >= 4 is 17.5 Å². The molecule has 6 nitrogen and oxygen atoms in total. The number of piperazine rings is 1. The van der Waals surface area contributed by atoms with Gasteiger partial charge in [-0.3, -0.25) is 9.59 Å². The Hall–Kier alpha value is -3.02. The molecule has 28 heavy (non-hydrogen) atoms. The zero-order chi connectivity index (χ0) is 19.8. The molecular weight excluding hydrogens is 354 g/mol. The second kappa shape index (κ2) is 9.78. The van der Waals surface area contributed by atoms with E-state index in [0.29, 0.717) is 25.9 Å². The second-order valence-electron chi connectivity index (χ2n) is 6.79. The van der Waals surface area contributed by atoms with E-state index in [1.807, 2.05) is 47.4 Å². The van der Waals surface area contributed by atoms with E-state index in [2.05, 4.69) is 22.3 Å². The number of anilines is 1. The molecule has 1 aliphatic rings. The Kier molecular flexibility index (Phi) is 6.89. The van der Waals surface area contributed by atoms with Crippen molar-refractivity contribution in [2.45, 2.75) is 12.8 Å². The molecular formula is C22H27N3O3. The Morgan fingerprint density at radius 3 is 2.36 bits per heavy atom. The van der Waals surface area contributed by atoms with Crippen LogP contribution >= 0.6 is 0 Å². The predicted octanol–water partition coefficient (Wildman–Crippen LogP) is 2.09. The van der Waals surface area contributed by atoms with E-state index in [4.69, 9.17) is 4.74 Å². The summed E-state index contributed by atoms with van der Waals surface area (Å²) in [5, 5.41) is 2.75. The van der Waals surface area contributed by atoms with Gasteiger partial charge in [-0.25, -0.2) is 0 Å². The summed E-state index contributed by atoms with van der Waals surface area (Å²) in [6.45, 7) is 3.00. The number of hydrogen-bond donors (Lipinski definition) is 1. The SMILES string of the molecule is COc1ccccc1CCC(=O)NCC(=O)N1CCN(c2ccccc2)CC1. The molecule has 0 aromatic heterocycles. The van der Waals surface area contributed by atoms with Crippen molar-refractivity contribution in [1.29, 1.82) is 0 Å². The Morgan fingerprint density at radius 1 is 0.964 bits per heavy atom. The van der Waals surface area contributed by atoms with Crippen molar-refractivity contribution < 1.29 is 14.3 Å². The van der Waals surface area contributed by atoms with Crippen LogP contribution in [0.5, 0.6) is 5.75 Å². The quantitative estimate of drug-likeness (QED) is 0.798. The Morgan fingerprint density at radius 2 is 1.64 bits per heavy atom. The van der Waals surface area contributed by atoms with Gasteiger partial charge in [0.15, 0.2) is 0 Å². The topological polar surface area (TPSA) is 61.9 Å². The lowest BCUT2D eigenvalue weighted by Crippen LogP contribution is -2.51. The Labute approximate surface area is 166 Å². The molecule has 0 unspecified atom stereocenters. The smallest absolute Gasteiger partial charge is 0.242 e. The minimum Gasteiger partial charge on any atom is -0.496 e. The van der Waals surface area contributed by atoms with E-state index >= 15 is 0 Å². The summed E-state index contributed by atoms with van der Waals surface area (Å²) in [6, 6.07) is 17.9. The number of carbonyl (C=O) groups is 2. The van der Waals surface area contributed by atoms with Crippen LogP contribution in [0.4, 0.5) is 5.69 Å². The highest BCUT2D eigenvalue weighted by molar-refractivity contribution is 5.85. The monoisotopic (exact) mass is 381 g/mol. The van der Waals surface area contributed by atoms with Crippen molar-refractivity contribution in [1.82, 2.24) is 10.2 Å². The fourth-order valence-corrected chi connectivity index (χ4v) is 3.38. The van der Waals surface area contributed by atoms with E-state index in [1.165, 1.54) is 5.69 Å². The number of carbonyl (C=O) groups excluding carboxylic acids is 2. The van der Waals surface area contributed by atoms with Crippen LogP contribution in [0.15, 0.2) is 54.6 Å². The molecule has 6 heteroatoms. The summed E-state index contributed by atoms with van der Waals surface area (Å²) >= 11 is 0. The summed E-state index contributed by atoms with van der Waals surface area (Å²) in [7, 11) is 1.62. The van der Waals surface area contributed by atoms with Crippen molar-refractivity contribution in [3.05, 3.63) is 60.2 Å². The molecule has 1 N–H and O–H groups in total. The van der Waals surface area contributed by atoms with E-state index in [0.717, 1.165) is 24.4 Å². The molecule has 3 rings (SSSR count). The van der Waals surface area contributed by atoms with Gasteiger partial charge in [0.25, 0.3) is 0 Å². The van der Waals surface area contributed by atoms with Crippen molar-refractivity contribution in [2.24, 2.45) is 0 Å². The molecule has 2 aromatic rings. The number of hydrogen-bond acceptors (Lipinski definition) is 4. The van der Waals surface area contributed by atoms with Crippen LogP contribution in [0.1, 0.15) is 12.0 Å². The van der Waals surface area contributed by atoms with E-state index < -0.39 is 0 Å². The van der Waals surface area contributed by atoms with Gasteiger partial charge in [0.05, 0.1) is 13.7 Å². The third-order valence-corrected chi connectivity index (χ3v) is 5.00. The summed E-state index contributed by atoms with van der Waals surface area (Å²) in [4.78, 5) is 28.6. The van der Waals surface area contributed by atoms with Crippen LogP contribution in [-0.4, -0.2) is 56.5 Å². The first-order valence-corrected chi connectivity index (χ1v) is 9.63. The van der Waals surface area contributed by atoms with Gasteiger partial charge < -0.3 is 19.9 Å². The molecule has 148 valence electrons. The van der Waals surface area contributed by atoms with Gasteiger partial charge in [0.2, 0.25) is 11.8 Å². The summed E-state index contributed by atoms with van der Waals surface area (Å²) < 4.78 is 5.30. The van der Waals surface area contributed by atoms with Crippen LogP contribution in [-0.2, 0) is 16.0 Å². The third-order valence-electron chi connectivity index (χ3n) is 5.00. The molecule has 0 aliphatic carbocycles. The van der Waals surface area contributed by atoms with Crippen molar-refractivity contribution in [3.8, 4) is 5.75 Å². The minimum absolute atomic E-state index is 0.0293. The number of rotatable bonds is 7. The first-order chi connectivity index (χ1) is 13.7. The van der Waals surface area contributed by atoms with Crippen LogP contribution in [0.3, 0.4) is 0 Å². The van der Waals surface area contributed by atoms with Gasteiger partial charge in [0, 0.05) is 38.3 Å². The van der Waals surface area contributed by atoms with Crippen LogP contribution in [0.2, 0.25) is 0 Å². The summed E-state index contributed by atoms with van der Waals surface area (Å²) in [6.07, 6.45) is 0.912. The molecule has 1 saturated heterocycles. The first-order valence-electron chi connectivity index (χ1n) is 9.63. The van der Waals surface area contributed by atoms with Gasteiger partial charge in [-0.05, 0) is 30.2 Å². The minimum atomic E-state index is -0.123. The molecule has 1 fully saturated rings. The van der Waals surface area contributed by atoms with E-state index in [1.54, 1.807) is 7.11 Å². The van der Waals surface area contributed by atoms with E-state index in [9.17, 15) is 9.59 Å². The number of nitrogens with zero attached hydrogens (tertiary/aromatic N) is 2. The molecule has 1 heterocycles. The fourth-order valence-electron chi connectivity index (χ4n) is 3.38. The largest absolute Gasteiger partial charge is 0.496 e. The van der Waals surface area contributed by atoms with Crippen LogP contribution in [0, 0.1) is 0 Å². The molecule has 0 bridgehead atoms. The molecule has 1 aliphatic heterocycles. The Bertz CT molecular complexity index is 787. The molecule has 0 saturated carbocycles. The van der Waals surface area contributed by atoms with Gasteiger partial charge in [-0.2, -0.15) is 0 Å². The normalized spacial score (nSPS) is 13.9. The lowest BCUT2D eigenvalue weighted by molar-refractivity contribution is -0.133. The highest BCUT2D eigenvalue weighted by Crippen LogP contribution is 2.18.